The number of ether oxygens (including phenoxy) is 1. The second kappa shape index (κ2) is 6.08. The Morgan fingerprint density at radius 3 is 2.57 bits per heavy atom. The van der Waals surface area contributed by atoms with Crippen LogP contribution in [0.2, 0.25) is 0 Å². The third kappa shape index (κ3) is 3.38. The minimum absolute atomic E-state index is 0.0811. The molecule has 0 saturated heterocycles. The molecular formula is C14H10F2N2O3. The lowest BCUT2D eigenvalue weighted by molar-refractivity contribution is 0.0601. The quantitative estimate of drug-likeness (QED) is 0.696. The number of nitrogens with zero attached hydrogens (tertiary/aromatic N) is 1. The van der Waals surface area contributed by atoms with Gasteiger partial charge < -0.3 is 10.1 Å². The lowest BCUT2D eigenvalue weighted by Crippen LogP contribution is -2.16. The number of hydrogen-bond donors (Lipinski definition) is 1. The first-order chi connectivity index (χ1) is 10.0. The monoisotopic (exact) mass is 292 g/mol. The Labute approximate surface area is 118 Å². The number of carbonyl (C=O) groups is 2. The summed E-state index contributed by atoms with van der Waals surface area (Å²) >= 11 is 0. The second-order valence-electron chi connectivity index (χ2n) is 4.01. The number of carbonyl (C=O) groups excluding carboxylic acids is 2. The normalized spacial score (nSPS) is 10.0. The van der Waals surface area contributed by atoms with Crippen molar-refractivity contribution >= 4 is 17.6 Å². The van der Waals surface area contributed by atoms with Crippen LogP contribution in [0.25, 0.3) is 0 Å². The van der Waals surface area contributed by atoms with E-state index in [2.05, 4.69) is 15.0 Å². The third-order valence-electron chi connectivity index (χ3n) is 2.62. The van der Waals surface area contributed by atoms with E-state index >= 15 is 0 Å². The highest BCUT2D eigenvalue weighted by atomic mass is 19.1. The molecule has 0 atom stereocenters. The Kier molecular flexibility index (Phi) is 4.22. The summed E-state index contributed by atoms with van der Waals surface area (Å²) in [5.74, 6) is -2.76. The van der Waals surface area contributed by atoms with Gasteiger partial charge in [-0.2, -0.15) is 4.39 Å². The molecule has 0 fully saturated rings. The number of benzene rings is 1. The molecule has 1 heterocycles. The number of hydrogen-bond acceptors (Lipinski definition) is 4. The zero-order valence-corrected chi connectivity index (χ0v) is 10.9. The molecule has 0 saturated carbocycles. The van der Waals surface area contributed by atoms with Crippen LogP contribution in [0.5, 0.6) is 0 Å². The predicted molar refractivity (Wildman–Crippen MR) is 69.9 cm³/mol. The summed E-state index contributed by atoms with van der Waals surface area (Å²) < 4.78 is 30.4. The molecule has 2 aromatic rings. The summed E-state index contributed by atoms with van der Waals surface area (Å²) in [4.78, 5) is 26.9. The zero-order chi connectivity index (χ0) is 15.4. The van der Waals surface area contributed by atoms with Crippen LogP contribution in [0.15, 0.2) is 36.5 Å². The highest BCUT2D eigenvalue weighted by molar-refractivity contribution is 6.07. The van der Waals surface area contributed by atoms with E-state index in [1.807, 2.05) is 0 Å². The van der Waals surface area contributed by atoms with Gasteiger partial charge in [-0.25, -0.2) is 14.2 Å². The molecule has 0 aliphatic carbocycles. The fourth-order valence-electron chi connectivity index (χ4n) is 1.61. The smallest absolute Gasteiger partial charge is 0.340 e. The van der Waals surface area contributed by atoms with Crippen LogP contribution >= 0.6 is 0 Å². The molecule has 0 aliphatic rings. The number of esters is 1. The molecule has 1 aromatic carbocycles. The van der Waals surface area contributed by atoms with Crippen molar-refractivity contribution in [2.24, 2.45) is 0 Å². The van der Waals surface area contributed by atoms with Crippen molar-refractivity contribution in [1.82, 2.24) is 4.98 Å². The number of anilines is 1. The molecule has 0 unspecified atom stereocenters. The van der Waals surface area contributed by atoms with Gasteiger partial charge in [-0.1, -0.05) is 0 Å². The molecule has 21 heavy (non-hydrogen) atoms. The van der Waals surface area contributed by atoms with E-state index in [4.69, 9.17) is 0 Å². The van der Waals surface area contributed by atoms with E-state index in [0.717, 1.165) is 31.5 Å². The number of aromatic nitrogens is 1. The molecule has 0 bridgehead atoms. The number of nitrogens with one attached hydrogen (secondary N) is 1. The van der Waals surface area contributed by atoms with Crippen LogP contribution in [0, 0.1) is 11.8 Å². The van der Waals surface area contributed by atoms with E-state index in [0.29, 0.717) is 0 Å². The average Bonchev–Trinajstić information content (AvgIpc) is 2.48. The molecule has 1 aromatic heterocycles. The van der Waals surface area contributed by atoms with Crippen molar-refractivity contribution in [1.29, 1.82) is 0 Å². The van der Waals surface area contributed by atoms with Gasteiger partial charge in [0, 0.05) is 6.20 Å². The van der Waals surface area contributed by atoms with E-state index in [-0.39, 0.29) is 16.8 Å². The number of rotatable bonds is 3. The summed E-state index contributed by atoms with van der Waals surface area (Å²) in [6.07, 6.45) is 1.05. The Morgan fingerprint density at radius 1 is 1.19 bits per heavy atom. The lowest BCUT2D eigenvalue weighted by atomic mass is 10.1. The summed E-state index contributed by atoms with van der Waals surface area (Å²) in [6.45, 7) is 0. The minimum atomic E-state index is -0.790. The van der Waals surface area contributed by atoms with E-state index in [1.165, 1.54) is 12.1 Å². The van der Waals surface area contributed by atoms with Gasteiger partial charge in [0.15, 0.2) is 0 Å². The molecule has 0 radical (unpaired) electrons. The lowest BCUT2D eigenvalue weighted by Gasteiger charge is -2.09. The second-order valence-corrected chi connectivity index (χ2v) is 4.01. The maximum atomic E-state index is 13.2. The van der Waals surface area contributed by atoms with Gasteiger partial charge in [-0.15, -0.1) is 0 Å². The molecule has 7 heteroatoms. The molecule has 5 nitrogen and oxygen atoms in total. The number of amides is 1. The number of methoxy groups -OCH3 is 1. The van der Waals surface area contributed by atoms with Crippen molar-refractivity contribution in [3.05, 3.63) is 59.4 Å². The van der Waals surface area contributed by atoms with Crippen molar-refractivity contribution < 1.29 is 23.1 Å². The fraction of sp³-hybridized carbons (Fsp3) is 0.0714. The van der Waals surface area contributed by atoms with Gasteiger partial charge in [0.25, 0.3) is 5.91 Å². The van der Waals surface area contributed by atoms with Crippen LogP contribution in [0.4, 0.5) is 14.5 Å². The van der Waals surface area contributed by atoms with Gasteiger partial charge in [-0.3, -0.25) is 4.79 Å². The zero-order valence-electron chi connectivity index (χ0n) is 10.9. The Morgan fingerprint density at radius 2 is 1.95 bits per heavy atom. The molecule has 0 spiro atoms. The highest BCUT2D eigenvalue weighted by Gasteiger charge is 2.16. The fourth-order valence-corrected chi connectivity index (χ4v) is 1.61. The largest absolute Gasteiger partial charge is 0.465 e. The first kappa shape index (κ1) is 14.6. The molecular weight excluding hydrogens is 282 g/mol. The van der Waals surface area contributed by atoms with Crippen molar-refractivity contribution in [2.75, 3.05) is 12.4 Å². The van der Waals surface area contributed by atoms with Crippen LogP contribution in [-0.4, -0.2) is 24.0 Å². The number of pyridine rings is 1. The van der Waals surface area contributed by atoms with Crippen LogP contribution in [-0.2, 0) is 4.74 Å². The standard InChI is InChI=1S/C14H10F2N2O3/c1-21-14(20)10-6-9(15)3-4-11(10)18-13(19)8-2-5-12(16)17-7-8/h2-7H,1H3,(H,18,19). The van der Waals surface area contributed by atoms with E-state index in [9.17, 15) is 18.4 Å². The van der Waals surface area contributed by atoms with E-state index < -0.39 is 23.6 Å². The van der Waals surface area contributed by atoms with Gasteiger partial charge in [0.2, 0.25) is 5.95 Å². The summed E-state index contributed by atoms with van der Waals surface area (Å²) in [5, 5.41) is 2.42. The highest BCUT2D eigenvalue weighted by Crippen LogP contribution is 2.19. The Bertz CT molecular complexity index is 687. The van der Waals surface area contributed by atoms with E-state index in [1.54, 1.807) is 0 Å². The minimum Gasteiger partial charge on any atom is -0.465 e. The molecule has 0 aliphatic heterocycles. The molecule has 108 valence electrons. The predicted octanol–water partition coefficient (Wildman–Crippen LogP) is 2.40. The SMILES string of the molecule is COC(=O)c1cc(F)ccc1NC(=O)c1ccc(F)nc1. The van der Waals surface area contributed by atoms with Crippen molar-refractivity contribution in [2.45, 2.75) is 0 Å². The van der Waals surface area contributed by atoms with Gasteiger partial charge in [0.05, 0.1) is 23.9 Å². The Balaban J connectivity index is 2.28. The summed E-state index contributed by atoms with van der Waals surface area (Å²) in [6, 6.07) is 5.53. The summed E-state index contributed by atoms with van der Waals surface area (Å²) in [5.41, 5.74) is 0.0510. The van der Waals surface area contributed by atoms with Gasteiger partial charge in [-0.05, 0) is 30.3 Å². The van der Waals surface area contributed by atoms with Crippen LogP contribution in [0.3, 0.4) is 0 Å². The average molecular weight is 292 g/mol. The maximum absolute atomic E-state index is 13.2. The van der Waals surface area contributed by atoms with Crippen molar-refractivity contribution in [3.63, 3.8) is 0 Å². The van der Waals surface area contributed by atoms with Crippen LogP contribution in [0.1, 0.15) is 20.7 Å². The first-order valence-corrected chi connectivity index (χ1v) is 5.82. The van der Waals surface area contributed by atoms with Crippen LogP contribution < -0.4 is 5.32 Å². The topological polar surface area (TPSA) is 68.3 Å². The molecule has 1 amide bonds. The van der Waals surface area contributed by atoms with Gasteiger partial charge in [0.1, 0.15) is 5.82 Å². The maximum Gasteiger partial charge on any atom is 0.340 e. The molecule has 1 N–H and O–H groups in total. The number of halogens is 2. The molecule has 2 rings (SSSR count). The third-order valence-corrected chi connectivity index (χ3v) is 2.62. The summed E-state index contributed by atoms with van der Waals surface area (Å²) in [7, 11) is 1.14. The van der Waals surface area contributed by atoms with Gasteiger partial charge >= 0.3 is 5.97 Å². The first-order valence-electron chi connectivity index (χ1n) is 5.82. The van der Waals surface area contributed by atoms with Crippen molar-refractivity contribution in [3.8, 4) is 0 Å². The Hall–Kier alpha value is -2.83.